The monoisotopic (exact) mass is 539 g/mol. The molecule has 10 nitrogen and oxygen atoms in total. The molecule has 0 unspecified atom stereocenters. The van der Waals surface area contributed by atoms with Gasteiger partial charge in [-0.05, 0) is 53.6 Å². The van der Waals surface area contributed by atoms with Gasteiger partial charge in [-0.2, -0.15) is 0 Å². The Balaban J connectivity index is 1.06. The number of nitrogens with zero attached hydrogens (tertiary/aromatic N) is 3. The SMILES string of the molecule is O=C(N[C@@H](CCCCNC(=O)c1cn(-c2ccccc2)nn1)C(=O)O)OCC1c2ccccc2-c2ccccc21. The van der Waals surface area contributed by atoms with E-state index in [9.17, 15) is 19.5 Å². The van der Waals surface area contributed by atoms with Gasteiger partial charge in [0.15, 0.2) is 5.69 Å². The maximum Gasteiger partial charge on any atom is 0.407 e. The van der Waals surface area contributed by atoms with Crippen LogP contribution in [-0.2, 0) is 9.53 Å². The lowest BCUT2D eigenvalue weighted by Gasteiger charge is -2.17. The van der Waals surface area contributed by atoms with Crippen LogP contribution >= 0.6 is 0 Å². The van der Waals surface area contributed by atoms with Gasteiger partial charge in [-0.1, -0.05) is 71.9 Å². The minimum Gasteiger partial charge on any atom is -0.480 e. The van der Waals surface area contributed by atoms with Crippen LogP contribution in [0.1, 0.15) is 46.8 Å². The zero-order chi connectivity index (χ0) is 27.9. The lowest BCUT2D eigenvalue weighted by atomic mass is 9.98. The normalized spacial score (nSPS) is 12.7. The molecule has 2 amide bonds. The number of hydrogen-bond acceptors (Lipinski definition) is 6. The van der Waals surface area contributed by atoms with Crippen LogP contribution in [0.4, 0.5) is 4.79 Å². The third-order valence-corrected chi connectivity index (χ3v) is 6.89. The van der Waals surface area contributed by atoms with Crippen molar-refractivity contribution in [2.75, 3.05) is 13.2 Å². The van der Waals surface area contributed by atoms with Gasteiger partial charge >= 0.3 is 12.1 Å². The predicted octanol–water partition coefficient (Wildman–Crippen LogP) is 4.16. The second-order valence-corrected chi connectivity index (χ2v) is 9.50. The number of alkyl carbamates (subject to hydrolysis) is 1. The Morgan fingerprint density at radius 1 is 0.900 bits per heavy atom. The molecule has 0 saturated carbocycles. The molecule has 0 aliphatic heterocycles. The first-order chi connectivity index (χ1) is 19.5. The van der Waals surface area contributed by atoms with Gasteiger partial charge in [-0.3, -0.25) is 4.79 Å². The highest BCUT2D eigenvalue weighted by atomic mass is 16.5. The van der Waals surface area contributed by atoms with Crippen LogP contribution in [0.5, 0.6) is 0 Å². The molecule has 40 heavy (non-hydrogen) atoms. The summed E-state index contributed by atoms with van der Waals surface area (Å²) in [6.45, 7) is 0.432. The number of nitrogens with one attached hydrogen (secondary N) is 2. The van der Waals surface area contributed by atoms with E-state index in [2.05, 4.69) is 20.9 Å². The molecule has 0 bridgehead atoms. The average Bonchev–Trinajstić information content (AvgIpc) is 3.59. The van der Waals surface area contributed by atoms with Gasteiger partial charge in [0.05, 0.1) is 11.9 Å². The standard InChI is InChI=1S/C30H29N5O5/c36-28(27-18-35(34-33-27)20-10-2-1-3-11-20)31-17-9-8-16-26(29(37)38)32-30(39)40-19-25-23-14-6-4-12-21(23)22-13-5-7-15-24(22)25/h1-7,10-15,18,25-26H,8-9,16-17,19H2,(H,31,36)(H,32,39)(H,37,38)/t26-/m0/s1. The number of carboxylic acid groups (broad SMARTS) is 1. The lowest BCUT2D eigenvalue weighted by molar-refractivity contribution is -0.139. The van der Waals surface area contributed by atoms with Crippen molar-refractivity contribution in [3.05, 3.63) is 102 Å². The van der Waals surface area contributed by atoms with Crippen LogP contribution < -0.4 is 10.6 Å². The number of unbranched alkanes of at least 4 members (excludes halogenated alkanes) is 1. The molecule has 10 heteroatoms. The minimum atomic E-state index is -1.14. The van der Waals surface area contributed by atoms with E-state index in [1.807, 2.05) is 78.9 Å². The molecule has 5 rings (SSSR count). The molecular weight excluding hydrogens is 510 g/mol. The number of rotatable bonds is 11. The highest BCUT2D eigenvalue weighted by molar-refractivity contribution is 5.91. The third kappa shape index (κ3) is 6.01. The molecule has 0 fully saturated rings. The lowest BCUT2D eigenvalue weighted by Crippen LogP contribution is -2.41. The summed E-state index contributed by atoms with van der Waals surface area (Å²) in [5.41, 5.74) is 5.36. The number of fused-ring (bicyclic) bond motifs is 3. The van der Waals surface area contributed by atoms with Crippen molar-refractivity contribution < 1.29 is 24.2 Å². The summed E-state index contributed by atoms with van der Waals surface area (Å²) in [5.74, 6) is -1.62. The fourth-order valence-corrected chi connectivity index (χ4v) is 4.88. The fraction of sp³-hybridized carbons (Fsp3) is 0.233. The second kappa shape index (κ2) is 12.2. The highest BCUT2D eigenvalue weighted by Crippen LogP contribution is 2.44. The van der Waals surface area contributed by atoms with E-state index >= 15 is 0 Å². The molecule has 1 aliphatic rings. The molecule has 204 valence electrons. The van der Waals surface area contributed by atoms with Crippen molar-refractivity contribution in [3.63, 3.8) is 0 Å². The number of carboxylic acids is 1. The molecule has 1 aliphatic carbocycles. The first kappa shape index (κ1) is 26.6. The number of para-hydroxylation sites is 1. The molecule has 1 atom stereocenters. The minimum absolute atomic E-state index is 0.104. The maximum atomic E-state index is 12.5. The molecule has 0 saturated heterocycles. The number of carbonyl (C=O) groups excluding carboxylic acids is 2. The summed E-state index contributed by atoms with van der Waals surface area (Å²) >= 11 is 0. The average molecular weight is 540 g/mol. The van der Waals surface area contributed by atoms with Crippen LogP contribution in [0.25, 0.3) is 16.8 Å². The summed E-state index contributed by atoms with van der Waals surface area (Å²) in [4.78, 5) is 36.6. The number of carbonyl (C=O) groups is 3. The van der Waals surface area contributed by atoms with Crippen molar-refractivity contribution in [1.29, 1.82) is 0 Å². The van der Waals surface area contributed by atoms with Crippen molar-refractivity contribution in [1.82, 2.24) is 25.6 Å². The number of benzene rings is 3. The maximum absolute atomic E-state index is 12.5. The van der Waals surface area contributed by atoms with Crippen LogP contribution in [0, 0.1) is 0 Å². The molecule has 3 N–H and O–H groups in total. The van der Waals surface area contributed by atoms with Crippen LogP contribution in [0.2, 0.25) is 0 Å². The molecule has 0 radical (unpaired) electrons. The predicted molar refractivity (Wildman–Crippen MR) is 147 cm³/mol. The van der Waals surface area contributed by atoms with Crippen molar-refractivity contribution in [2.45, 2.75) is 31.2 Å². The van der Waals surface area contributed by atoms with E-state index in [0.717, 1.165) is 27.9 Å². The van der Waals surface area contributed by atoms with E-state index in [-0.39, 0.29) is 30.5 Å². The van der Waals surface area contributed by atoms with E-state index in [1.165, 1.54) is 4.68 Å². The number of aromatic nitrogens is 3. The van der Waals surface area contributed by atoms with Crippen LogP contribution in [0.3, 0.4) is 0 Å². The number of amides is 2. The molecule has 1 heterocycles. The van der Waals surface area contributed by atoms with Crippen molar-refractivity contribution in [3.8, 4) is 16.8 Å². The topological polar surface area (TPSA) is 135 Å². The fourth-order valence-electron chi connectivity index (χ4n) is 4.88. The zero-order valence-electron chi connectivity index (χ0n) is 21.7. The van der Waals surface area contributed by atoms with Gasteiger partial charge in [0.2, 0.25) is 0 Å². The molecular formula is C30H29N5O5. The first-order valence-corrected chi connectivity index (χ1v) is 13.1. The summed E-state index contributed by atoms with van der Waals surface area (Å²) in [6, 6.07) is 24.2. The van der Waals surface area contributed by atoms with Crippen molar-refractivity contribution in [2.24, 2.45) is 0 Å². The largest absolute Gasteiger partial charge is 0.480 e. The highest BCUT2D eigenvalue weighted by Gasteiger charge is 2.29. The van der Waals surface area contributed by atoms with E-state index < -0.39 is 18.1 Å². The van der Waals surface area contributed by atoms with E-state index in [4.69, 9.17) is 4.74 Å². The Labute approximate surface area is 231 Å². The first-order valence-electron chi connectivity index (χ1n) is 13.1. The number of hydrogen-bond donors (Lipinski definition) is 3. The smallest absolute Gasteiger partial charge is 0.407 e. The van der Waals surface area contributed by atoms with Gasteiger partial charge in [0, 0.05) is 12.5 Å². The van der Waals surface area contributed by atoms with Crippen LogP contribution in [0.15, 0.2) is 85.1 Å². The third-order valence-electron chi connectivity index (χ3n) is 6.89. The summed E-state index contributed by atoms with van der Waals surface area (Å²) in [5, 5.41) is 22.7. The van der Waals surface area contributed by atoms with E-state index in [0.29, 0.717) is 19.4 Å². The second-order valence-electron chi connectivity index (χ2n) is 9.50. The number of ether oxygens (including phenoxy) is 1. The van der Waals surface area contributed by atoms with Gasteiger partial charge in [-0.15, -0.1) is 5.10 Å². The molecule has 4 aromatic rings. The Morgan fingerprint density at radius 2 is 1.55 bits per heavy atom. The summed E-state index contributed by atoms with van der Waals surface area (Å²) in [7, 11) is 0. The van der Waals surface area contributed by atoms with Crippen LogP contribution in [-0.4, -0.2) is 57.3 Å². The van der Waals surface area contributed by atoms with Gasteiger partial charge in [-0.25, -0.2) is 14.3 Å². The zero-order valence-corrected chi connectivity index (χ0v) is 21.7. The molecule has 1 aromatic heterocycles. The molecule has 3 aromatic carbocycles. The number of aliphatic carboxylic acids is 1. The van der Waals surface area contributed by atoms with Crippen molar-refractivity contribution >= 4 is 18.0 Å². The Morgan fingerprint density at radius 3 is 2.23 bits per heavy atom. The van der Waals surface area contributed by atoms with Gasteiger partial charge in [0.1, 0.15) is 12.6 Å². The summed E-state index contributed by atoms with van der Waals surface area (Å²) < 4.78 is 6.99. The Hall–Kier alpha value is -4.99. The molecule has 0 spiro atoms. The quantitative estimate of drug-likeness (QED) is 0.244. The summed E-state index contributed by atoms with van der Waals surface area (Å²) in [6.07, 6.45) is 1.96. The van der Waals surface area contributed by atoms with E-state index in [1.54, 1.807) is 6.20 Å². The van der Waals surface area contributed by atoms with Gasteiger partial charge in [0.25, 0.3) is 5.91 Å². The Bertz CT molecular complexity index is 1460. The Kier molecular flexibility index (Phi) is 8.15. The van der Waals surface area contributed by atoms with Gasteiger partial charge < -0.3 is 20.5 Å².